The summed E-state index contributed by atoms with van der Waals surface area (Å²) in [6.45, 7) is 4.27. The number of carbonyl (C=O) groups excluding carboxylic acids is 2. The van der Waals surface area contributed by atoms with Gasteiger partial charge in [-0.25, -0.2) is 4.79 Å². The Morgan fingerprint density at radius 1 is 1.15 bits per heavy atom. The predicted molar refractivity (Wildman–Crippen MR) is 97.9 cm³/mol. The number of hydrogen-bond donors (Lipinski definition) is 1. The number of para-hydroxylation sites is 1. The van der Waals surface area contributed by atoms with Gasteiger partial charge in [0, 0.05) is 10.9 Å². The van der Waals surface area contributed by atoms with Gasteiger partial charge >= 0.3 is 5.97 Å². The van der Waals surface area contributed by atoms with Gasteiger partial charge < -0.3 is 19.2 Å². The quantitative estimate of drug-likeness (QED) is 0.696. The number of ether oxygens (including phenoxy) is 2. The largest absolute Gasteiger partial charge is 0.494 e. The van der Waals surface area contributed by atoms with E-state index in [1.54, 1.807) is 36.4 Å². The summed E-state index contributed by atoms with van der Waals surface area (Å²) >= 11 is 0. The lowest BCUT2D eigenvalue weighted by Crippen LogP contribution is -2.15. The number of benzene rings is 2. The maximum absolute atomic E-state index is 12.7. The van der Waals surface area contributed by atoms with E-state index in [1.807, 2.05) is 19.9 Å². The summed E-state index contributed by atoms with van der Waals surface area (Å²) in [4.78, 5) is 24.5. The minimum Gasteiger partial charge on any atom is -0.494 e. The molecule has 3 rings (SSSR count). The number of rotatable bonds is 5. The molecule has 0 unspecified atom stereocenters. The zero-order valence-corrected chi connectivity index (χ0v) is 14.8. The van der Waals surface area contributed by atoms with Crippen LogP contribution in [0.25, 0.3) is 11.0 Å². The van der Waals surface area contributed by atoms with Gasteiger partial charge in [-0.05, 0) is 44.2 Å². The first-order chi connectivity index (χ1) is 12.5. The van der Waals surface area contributed by atoms with Gasteiger partial charge in [0.05, 0.1) is 25.0 Å². The Morgan fingerprint density at radius 3 is 2.65 bits per heavy atom. The summed E-state index contributed by atoms with van der Waals surface area (Å²) in [6.07, 6.45) is 0. The number of aryl methyl sites for hydroxylation is 1. The molecule has 134 valence electrons. The van der Waals surface area contributed by atoms with Gasteiger partial charge in [0.1, 0.15) is 11.3 Å². The molecular weight excluding hydrogens is 334 g/mol. The second-order valence-electron chi connectivity index (χ2n) is 5.64. The number of esters is 1. The van der Waals surface area contributed by atoms with Gasteiger partial charge in [-0.1, -0.05) is 12.1 Å². The van der Waals surface area contributed by atoms with Crippen LogP contribution in [0.2, 0.25) is 0 Å². The number of nitrogens with one attached hydrogen (secondary N) is 1. The molecule has 0 radical (unpaired) electrons. The van der Waals surface area contributed by atoms with Crippen molar-refractivity contribution in [2.24, 2.45) is 0 Å². The number of carbonyl (C=O) groups is 2. The van der Waals surface area contributed by atoms with E-state index in [9.17, 15) is 9.59 Å². The molecule has 3 aromatic rings. The second kappa shape index (κ2) is 7.31. The van der Waals surface area contributed by atoms with E-state index in [4.69, 9.17) is 13.9 Å². The Kier molecular flexibility index (Phi) is 4.93. The fourth-order valence-electron chi connectivity index (χ4n) is 2.73. The molecule has 2 aromatic carbocycles. The van der Waals surface area contributed by atoms with Crippen LogP contribution in [0.3, 0.4) is 0 Å². The van der Waals surface area contributed by atoms with Gasteiger partial charge in [-0.2, -0.15) is 0 Å². The Bertz CT molecular complexity index is 973. The van der Waals surface area contributed by atoms with Crippen LogP contribution >= 0.6 is 0 Å². The van der Waals surface area contributed by atoms with Crippen molar-refractivity contribution in [3.05, 3.63) is 59.4 Å². The van der Waals surface area contributed by atoms with Crippen LogP contribution in [0.5, 0.6) is 5.75 Å². The molecule has 0 saturated carbocycles. The van der Waals surface area contributed by atoms with Crippen molar-refractivity contribution in [3.8, 4) is 5.75 Å². The van der Waals surface area contributed by atoms with Crippen molar-refractivity contribution in [2.75, 3.05) is 19.0 Å². The highest BCUT2D eigenvalue weighted by Gasteiger charge is 2.20. The highest BCUT2D eigenvalue weighted by atomic mass is 16.5. The monoisotopic (exact) mass is 353 g/mol. The van der Waals surface area contributed by atoms with E-state index in [-0.39, 0.29) is 11.3 Å². The highest BCUT2D eigenvalue weighted by Crippen LogP contribution is 2.29. The normalized spacial score (nSPS) is 10.6. The molecule has 0 bridgehead atoms. The smallest absolute Gasteiger partial charge is 0.339 e. The van der Waals surface area contributed by atoms with Crippen LogP contribution in [-0.4, -0.2) is 25.6 Å². The van der Waals surface area contributed by atoms with E-state index in [2.05, 4.69) is 5.32 Å². The van der Waals surface area contributed by atoms with Crippen molar-refractivity contribution in [1.82, 2.24) is 0 Å². The molecule has 1 heterocycles. The van der Waals surface area contributed by atoms with Crippen molar-refractivity contribution in [1.29, 1.82) is 0 Å². The van der Waals surface area contributed by atoms with Crippen LogP contribution in [0.15, 0.2) is 46.9 Å². The SMILES string of the molecule is CCOc1ccc2oc(C(=O)Nc3ccccc3C(=O)OC)c(C)c2c1. The van der Waals surface area contributed by atoms with Gasteiger partial charge in [0.2, 0.25) is 0 Å². The van der Waals surface area contributed by atoms with Crippen molar-refractivity contribution >= 4 is 28.5 Å². The minimum atomic E-state index is -0.524. The van der Waals surface area contributed by atoms with Crippen LogP contribution in [0.1, 0.15) is 33.4 Å². The topological polar surface area (TPSA) is 77.8 Å². The molecule has 0 fully saturated rings. The summed E-state index contributed by atoms with van der Waals surface area (Å²) in [7, 11) is 1.29. The molecular formula is C20H19NO5. The number of fused-ring (bicyclic) bond motifs is 1. The Hall–Kier alpha value is -3.28. The maximum atomic E-state index is 12.7. The Balaban J connectivity index is 1.94. The lowest BCUT2D eigenvalue weighted by molar-refractivity contribution is 0.0602. The third-order valence-electron chi connectivity index (χ3n) is 4.01. The first-order valence-corrected chi connectivity index (χ1v) is 8.19. The van der Waals surface area contributed by atoms with Crippen molar-refractivity contribution in [3.63, 3.8) is 0 Å². The Morgan fingerprint density at radius 2 is 1.92 bits per heavy atom. The van der Waals surface area contributed by atoms with E-state index >= 15 is 0 Å². The molecule has 1 N–H and O–H groups in total. The minimum absolute atomic E-state index is 0.188. The van der Waals surface area contributed by atoms with Crippen LogP contribution in [-0.2, 0) is 4.74 Å². The molecule has 0 aliphatic rings. The molecule has 6 heteroatoms. The van der Waals surface area contributed by atoms with Crippen molar-refractivity contribution < 1.29 is 23.5 Å². The molecule has 26 heavy (non-hydrogen) atoms. The molecule has 0 spiro atoms. The first kappa shape index (κ1) is 17.5. The third-order valence-corrected chi connectivity index (χ3v) is 4.01. The summed E-state index contributed by atoms with van der Waals surface area (Å²) in [6, 6.07) is 12.1. The summed E-state index contributed by atoms with van der Waals surface area (Å²) in [5.74, 6) is -0.0585. The molecule has 6 nitrogen and oxygen atoms in total. The number of amides is 1. The third kappa shape index (κ3) is 3.26. The van der Waals surface area contributed by atoms with Gasteiger partial charge in [0.25, 0.3) is 5.91 Å². The van der Waals surface area contributed by atoms with Crippen LogP contribution in [0, 0.1) is 6.92 Å². The highest BCUT2D eigenvalue weighted by molar-refractivity contribution is 6.09. The van der Waals surface area contributed by atoms with Gasteiger partial charge in [-0.15, -0.1) is 0 Å². The lowest BCUT2D eigenvalue weighted by atomic mass is 10.1. The summed E-state index contributed by atoms with van der Waals surface area (Å²) in [5.41, 5.74) is 1.93. The fourth-order valence-corrected chi connectivity index (χ4v) is 2.73. The lowest BCUT2D eigenvalue weighted by Gasteiger charge is -2.08. The second-order valence-corrected chi connectivity index (χ2v) is 5.64. The maximum Gasteiger partial charge on any atom is 0.339 e. The number of furan rings is 1. The average Bonchev–Trinajstić information content (AvgIpc) is 2.98. The zero-order valence-electron chi connectivity index (χ0n) is 14.8. The van der Waals surface area contributed by atoms with E-state index in [0.717, 1.165) is 5.39 Å². The van der Waals surface area contributed by atoms with E-state index < -0.39 is 11.9 Å². The predicted octanol–water partition coefficient (Wildman–Crippen LogP) is 4.18. The standard InChI is InChI=1S/C20H19NO5/c1-4-25-13-9-10-17-15(11-13)12(2)18(26-17)19(22)21-16-8-6-5-7-14(16)20(23)24-3/h5-11H,4H2,1-3H3,(H,21,22). The number of methoxy groups -OCH3 is 1. The average molecular weight is 353 g/mol. The van der Waals surface area contributed by atoms with Crippen LogP contribution in [0.4, 0.5) is 5.69 Å². The summed E-state index contributed by atoms with van der Waals surface area (Å²) in [5, 5.41) is 3.53. The number of hydrogen-bond acceptors (Lipinski definition) is 5. The van der Waals surface area contributed by atoms with E-state index in [0.29, 0.717) is 29.2 Å². The van der Waals surface area contributed by atoms with Crippen molar-refractivity contribution in [2.45, 2.75) is 13.8 Å². The summed E-state index contributed by atoms with van der Waals surface area (Å²) < 4.78 is 15.9. The zero-order chi connectivity index (χ0) is 18.7. The van der Waals surface area contributed by atoms with Gasteiger partial charge in [-0.3, -0.25) is 4.79 Å². The van der Waals surface area contributed by atoms with Crippen LogP contribution < -0.4 is 10.1 Å². The van der Waals surface area contributed by atoms with E-state index in [1.165, 1.54) is 7.11 Å². The molecule has 1 aromatic heterocycles. The van der Waals surface area contributed by atoms with Gasteiger partial charge in [0.15, 0.2) is 5.76 Å². The Labute approximate surface area is 150 Å². The fraction of sp³-hybridized carbons (Fsp3) is 0.200. The first-order valence-electron chi connectivity index (χ1n) is 8.19. The molecule has 0 aliphatic heterocycles. The molecule has 1 amide bonds. The number of anilines is 1. The molecule has 0 aliphatic carbocycles. The molecule has 0 saturated heterocycles. The molecule has 0 atom stereocenters.